The summed E-state index contributed by atoms with van der Waals surface area (Å²) in [5.74, 6) is -0.946. The van der Waals surface area contributed by atoms with Crippen molar-refractivity contribution in [2.24, 2.45) is 0 Å². The van der Waals surface area contributed by atoms with Gasteiger partial charge in [-0.25, -0.2) is 9.78 Å². The normalized spacial score (nSPS) is 18.8. The van der Waals surface area contributed by atoms with E-state index in [1.54, 1.807) is 20.8 Å². The van der Waals surface area contributed by atoms with Crippen LogP contribution in [0.25, 0.3) is 0 Å². The van der Waals surface area contributed by atoms with Gasteiger partial charge in [-0.2, -0.15) is 18.2 Å². The molecule has 1 unspecified atom stereocenters. The van der Waals surface area contributed by atoms with Crippen LogP contribution >= 0.6 is 0 Å². The lowest BCUT2D eigenvalue weighted by Crippen LogP contribution is -2.46. The van der Waals surface area contributed by atoms with Crippen LogP contribution in [-0.2, 0) is 10.9 Å². The second-order valence-corrected chi connectivity index (χ2v) is 6.75. The molecule has 7 nitrogen and oxygen atoms in total. The van der Waals surface area contributed by atoms with E-state index in [-0.39, 0.29) is 12.5 Å². The van der Waals surface area contributed by atoms with Gasteiger partial charge in [-0.3, -0.25) is 0 Å². The topological polar surface area (TPSA) is 90.6 Å². The maximum atomic E-state index is 13.0. The molecule has 0 radical (unpaired) electrons. The van der Waals surface area contributed by atoms with Crippen molar-refractivity contribution in [1.82, 2.24) is 14.9 Å². The van der Waals surface area contributed by atoms with Crippen molar-refractivity contribution in [3.8, 4) is 5.88 Å². The summed E-state index contributed by atoms with van der Waals surface area (Å²) in [7, 11) is 0. The first-order valence-electron chi connectivity index (χ1n) is 7.80. The van der Waals surface area contributed by atoms with Gasteiger partial charge in [0.1, 0.15) is 17.3 Å². The highest BCUT2D eigenvalue weighted by atomic mass is 19.4. The first kappa shape index (κ1) is 19.1. The monoisotopic (exact) mass is 362 g/mol. The second-order valence-electron chi connectivity index (χ2n) is 6.75. The van der Waals surface area contributed by atoms with Crippen LogP contribution in [0, 0.1) is 0 Å². The molecule has 0 saturated carbocycles. The molecule has 0 spiro atoms. The minimum Gasteiger partial charge on any atom is -0.472 e. The number of amides is 1. The third kappa shape index (κ3) is 5.36. The number of hydrogen-bond donors (Lipinski definition) is 1. The number of nitrogen functional groups attached to an aromatic ring is 1. The SMILES string of the molecule is CC(C)(C)OC(=O)N1CCCC(Oc2nc(N)ncc2C(F)(F)F)C1. The van der Waals surface area contributed by atoms with Gasteiger partial charge in [-0.15, -0.1) is 0 Å². The van der Waals surface area contributed by atoms with Crippen molar-refractivity contribution >= 4 is 12.0 Å². The average molecular weight is 362 g/mol. The van der Waals surface area contributed by atoms with Crippen LogP contribution in [0.15, 0.2) is 6.20 Å². The van der Waals surface area contributed by atoms with Gasteiger partial charge in [0.15, 0.2) is 0 Å². The Balaban J connectivity index is 2.11. The van der Waals surface area contributed by atoms with Crippen LogP contribution in [0.1, 0.15) is 39.2 Å². The van der Waals surface area contributed by atoms with Gasteiger partial charge in [0.2, 0.25) is 11.8 Å². The smallest absolute Gasteiger partial charge is 0.423 e. The first-order chi connectivity index (χ1) is 11.5. The minimum atomic E-state index is -4.66. The molecule has 1 aliphatic heterocycles. The number of piperidine rings is 1. The highest BCUT2D eigenvalue weighted by Gasteiger charge is 2.37. The van der Waals surface area contributed by atoms with Gasteiger partial charge in [0.05, 0.1) is 6.54 Å². The molecule has 1 atom stereocenters. The summed E-state index contributed by atoms with van der Waals surface area (Å²) in [5, 5.41) is 0. The lowest BCUT2D eigenvalue weighted by atomic mass is 10.1. The Kier molecular flexibility index (Phi) is 5.28. The number of carbonyl (C=O) groups is 1. The summed E-state index contributed by atoms with van der Waals surface area (Å²) in [6.07, 6.45) is -4.18. The largest absolute Gasteiger partial charge is 0.472 e. The van der Waals surface area contributed by atoms with Crippen LogP contribution in [0.5, 0.6) is 5.88 Å². The molecule has 25 heavy (non-hydrogen) atoms. The number of ether oxygens (including phenoxy) is 2. The third-order valence-electron chi connectivity index (χ3n) is 3.39. The van der Waals surface area contributed by atoms with Crippen LogP contribution in [0.3, 0.4) is 0 Å². The molecule has 1 aromatic rings. The number of carbonyl (C=O) groups excluding carboxylic acids is 1. The Hall–Kier alpha value is -2.26. The van der Waals surface area contributed by atoms with E-state index in [1.165, 1.54) is 4.90 Å². The zero-order valence-corrected chi connectivity index (χ0v) is 14.3. The molecule has 2 heterocycles. The zero-order chi connectivity index (χ0) is 18.8. The lowest BCUT2D eigenvalue weighted by molar-refractivity contribution is -0.140. The van der Waals surface area contributed by atoms with Crippen molar-refractivity contribution in [3.63, 3.8) is 0 Å². The number of hydrogen-bond acceptors (Lipinski definition) is 6. The Morgan fingerprint density at radius 2 is 2.04 bits per heavy atom. The highest BCUT2D eigenvalue weighted by molar-refractivity contribution is 5.68. The van der Waals surface area contributed by atoms with E-state index in [4.69, 9.17) is 15.2 Å². The van der Waals surface area contributed by atoms with E-state index in [0.29, 0.717) is 25.6 Å². The third-order valence-corrected chi connectivity index (χ3v) is 3.39. The van der Waals surface area contributed by atoms with Crippen molar-refractivity contribution in [1.29, 1.82) is 0 Å². The molecular formula is C15H21F3N4O3. The summed E-state index contributed by atoms with van der Waals surface area (Å²) in [5.41, 5.74) is 3.61. The van der Waals surface area contributed by atoms with E-state index in [0.717, 1.165) is 0 Å². The minimum absolute atomic E-state index is 0.107. The molecule has 1 saturated heterocycles. The maximum absolute atomic E-state index is 13.0. The Labute approximate surface area is 143 Å². The molecule has 2 rings (SSSR count). The van der Waals surface area contributed by atoms with Crippen LogP contribution in [0.4, 0.5) is 23.9 Å². The number of likely N-dealkylation sites (tertiary alicyclic amines) is 1. The molecule has 140 valence electrons. The van der Waals surface area contributed by atoms with Gasteiger partial charge in [0.25, 0.3) is 0 Å². The fourth-order valence-electron chi connectivity index (χ4n) is 2.35. The van der Waals surface area contributed by atoms with E-state index in [1.807, 2.05) is 0 Å². The molecule has 1 amide bonds. The molecule has 1 aromatic heterocycles. The predicted molar refractivity (Wildman–Crippen MR) is 82.9 cm³/mol. The Bertz CT molecular complexity index is 631. The molecule has 10 heteroatoms. The van der Waals surface area contributed by atoms with Gasteiger partial charge >= 0.3 is 12.3 Å². The Morgan fingerprint density at radius 1 is 1.36 bits per heavy atom. The van der Waals surface area contributed by atoms with Crippen molar-refractivity contribution in [3.05, 3.63) is 11.8 Å². The van der Waals surface area contributed by atoms with Gasteiger partial charge in [-0.05, 0) is 33.6 Å². The fraction of sp³-hybridized carbons (Fsp3) is 0.667. The van der Waals surface area contributed by atoms with E-state index in [2.05, 4.69) is 9.97 Å². The maximum Gasteiger partial charge on any atom is 0.423 e. The van der Waals surface area contributed by atoms with Gasteiger partial charge < -0.3 is 20.1 Å². The number of alkyl halides is 3. The van der Waals surface area contributed by atoms with E-state index in [9.17, 15) is 18.0 Å². The predicted octanol–water partition coefficient (Wildman–Crippen LogP) is 2.86. The summed E-state index contributed by atoms with van der Waals surface area (Å²) < 4.78 is 49.8. The van der Waals surface area contributed by atoms with Crippen molar-refractivity contribution < 1.29 is 27.4 Å². The zero-order valence-electron chi connectivity index (χ0n) is 14.3. The number of rotatable bonds is 2. The standard InChI is InChI=1S/C15H21F3N4O3/c1-14(2,3)25-13(23)22-6-4-5-9(8-22)24-11-10(15(16,17)18)7-20-12(19)21-11/h7,9H,4-6,8H2,1-3H3,(H2,19,20,21). The number of halogens is 3. The number of aromatic nitrogens is 2. The molecule has 0 bridgehead atoms. The molecule has 2 N–H and O–H groups in total. The summed E-state index contributed by atoms with van der Waals surface area (Å²) in [6, 6.07) is 0. The molecule has 1 fully saturated rings. The van der Waals surface area contributed by atoms with Crippen LogP contribution in [-0.4, -0.2) is 45.8 Å². The van der Waals surface area contributed by atoms with Crippen LogP contribution < -0.4 is 10.5 Å². The lowest BCUT2D eigenvalue weighted by Gasteiger charge is -2.34. The fourth-order valence-corrected chi connectivity index (χ4v) is 2.35. The summed E-state index contributed by atoms with van der Waals surface area (Å²) >= 11 is 0. The number of anilines is 1. The summed E-state index contributed by atoms with van der Waals surface area (Å²) in [4.78, 5) is 20.4. The molecule has 0 aromatic carbocycles. The van der Waals surface area contributed by atoms with Crippen molar-refractivity contribution in [2.75, 3.05) is 18.8 Å². The second kappa shape index (κ2) is 6.93. The number of nitrogens with two attached hydrogens (primary N) is 1. The highest BCUT2D eigenvalue weighted by Crippen LogP contribution is 2.35. The van der Waals surface area contributed by atoms with Gasteiger partial charge in [-0.1, -0.05) is 0 Å². The molecule has 1 aliphatic rings. The number of nitrogens with zero attached hydrogens (tertiary/aromatic N) is 3. The van der Waals surface area contributed by atoms with Gasteiger partial charge in [0, 0.05) is 12.7 Å². The van der Waals surface area contributed by atoms with E-state index >= 15 is 0 Å². The quantitative estimate of drug-likeness (QED) is 0.870. The van der Waals surface area contributed by atoms with E-state index < -0.39 is 35.4 Å². The molecular weight excluding hydrogens is 341 g/mol. The average Bonchev–Trinajstić information content (AvgIpc) is 2.44. The van der Waals surface area contributed by atoms with Crippen LogP contribution in [0.2, 0.25) is 0 Å². The van der Waals surface area contributed by atoms with Crippen molar-refractivity contribution in [2.45, 2.75) is 51.5 Å². The Morgan fingerprint density at radius 3 is 2.64 bits per heavy atom. The molecule has 0 aliphatic carbocycles. The first-order valence-corrected chi connectivity index (χ1v) is 7.80. The summed E-state index contributed by atoms with van der Waals surface area (Å²) in [6.45, 7) is 5.77.